The molecule has 0 unspecified atom stereocenters. The van der Waals surface area contributed by atoms with Gasteiger partial charge in [0.05, 0.1) is 24.2 Å². The minimum absolute atomic E-state index is 0.108. The summed E-state index contributed by atoms with van der Waals surface area (Å²) in [7, 11) is 0. The predicted molar refractivity (Wildman–Crippen MR) is 136 cm³/mol. The number of halogens is 1. The van der Waals surface area contributed by atoms with E-state index >= 15 is 0 Å². The normalized spacial score (nSPS) is 11.0. The van der Waals surface area contributed by atoms with Gasteiger partial charge in [0, 0.05) is 16.6 Å². The molecule has 0 radical (unpaired) electrons. The Bertz CT molecular complexity index is 1250. The molecule has 0 aliphatic rings. The average Bonchev–Trinajstić information content (AvgIpc) is 3.17. The van der Waals surface area contributed by atoms with Crippen LogP contribution in [0.3, 0.4) is 0 Å². The Balaban J connectivity index is 1.38. The molecule has 0 aliphatic heterocycles. The first-order valence-electron chi connectivity index (χ1n) is 11.2. The zero-order valence-corrected chi connectivity index (χ0v) is 20.6. The number of nitrogens with one attached hydrogen (secondary N) is 1. The fourth-order valence-electron chi connectivity index (χ4n) is 3.79. The highest BCUT2D eigenvalue weighted by Crippen LogP contribution is 2.20. The Morgan fingerprint density at radius 3 is 2.64 bits per heavy atom. The molecule has 0 aliphatic carbocycles. The maximum Gasteiger partial charge on any atom is 0.251 e. The highest BCUT2D eigenvalue weighted by Gasteiger charge is 2.12. The van der Waals surface area contributed by atoms with Crippen molar-refractivity contribution in [2.75, 3.05) is 6.61 Å². The van der Waals surface area contributed by atoms with Gasteiger partial charge in [-0.05, 0) is 80.3 Å². The van der Waals surface area contributed by atoms with Gasteiger partial charge in [-0.3, -0.25) is 4.79 Å². The number of para-hydroxylation sites is 2. The van der Waals surface area contributed by atoms with E-state index in [1.54, 1.807) is 12.1 Å². The van der Waals surface area contributed by atoms with Crippen LogP contribution >= 0.6 is 15.9 Å². The molecule has 0 atom stereocenters. The molecule has 0 saturated heterocycles. The fraction of sp³-hybridized carbons (Fsp3) is 0.259. The van der Waals surface area contributed by atoms with Crippen LogP contribution in [0.2, 0.25) is 0 Å². The minimum atomic E-state index is -0.108. The largest absolute Gasteiger partial charge is 0.493 e. The summed E-state index contributed by atoms with van der Waals surface area (Å²) in [4.78, 5) is 17.3. The molecular formula is C27H28BrN3O2. The van der Waals surface area contributed by atoms with Crippen molar-refractivity contribution in [1.29, 1.82) is 0 Å². The zero-order chi connectivity index (χ0) is 23.2. The number of carbonyl (C=O) groups is 1. The van der Waals surface area contributed by atoms with Gasteiger partial charge in [-0.2, -0.15) is 0 Å². The molecule has 170 valence electrons. The van der Waals surface area contributed by atoms with Gasteiger partial charge in [0.2, 0.25) is 0 Å². The second kappa shape index (κ2) is 10.7. The van der Waals surface area contributed by atoms with Gasteiger partial charge >= 0.3 is 0 Å². The lowest BCUT2D eigenvalue weighted by Crippen LogP contribution is -2.24. The van der Waals surface area contributed by atoms with Gasteiger partial charge in [-0.15, -0.1) is 0 Å². The summed E-state index contributed by atoms with van der Waals surface area (Å²) < 4.78 is 9.16. The average molecular weight is 506 g/mol. The van der Waals surface area contributed by atoms with Gasteiger partial charge in [-0.1, -0.05) is 40.2 Å². The number of benzene rings is 3. The highest BCUT2D eigenvalue weighted by atomic mass is 79.9. The zero-order valence-electron chi connectivity index (χ0n) is 19.0. The number of hydrogen-bond acceptors (Lipinski definition) is 3. The van der Waals surface area contributed by atoms with Crippen LogP contribution in [-0.2, 0) is 13.1 Å². The summed E-state index contributed by atoms with van der Waals surface area (Å²) >= 11 is 3.40. The minimum Gasteiger partial charge on any atom is -0.493 e. The number of hydrogen-bond donors (Lipinski definition) is 1. The number of amides is 1. The maximum atomic E-state index is 12.6. The van der Waals surface area contributed by atoms with Crippen molar-refractivity contribution in [3.05, 3.63) is 93.7 Å². The Morgan fingerprint density at radius 1 is 1.03 bits per heavy atom. The van der Waals surface area contributed by atoms with Crippen LogP contribution in [0.15, 0.2) is 71.2 Å². The van der Waals surface area contributed by atoms with E-state index in [0.717, 1.165) is 52.0 Å². The second-order valence-electron chi connectivity index (χ2n) is 8.18. The standard InChI is InChI=1S/C27H28BrN3O2/c1-19-9-10-20(2)25(17-19)33-16-6-5-15-31-24-8-4-3-7-23(24)30-26(31)18-29-27(32)21-11-13-22(28)14-12-21/h3-4,7-14,17H,5-6,15-16,18H2,1-2H3,(H,29,32). The molecule has 1 N–H and O–H groups in total. The van der Waals surface area contributed by atoms with Crippen molar-refractivity contribution in [2.45, 2.75) is 39.8 Å². The summed E-state index contributed by atoms with van der Waals surface area (Å²) in [5.74, 6) is 1.71. The molecule has 1 aromatic heterocycles. The third kappa shape index (κ3) is 5.82. The molecule has 0 bridgehead atoms. The van der Waals surface area contributed by atoms with Crippen LogP contribution in [-0.4, -0.2) is 22.1 Å². The van der Waals surface area contributed by atoms with Crippen molar-refractivity contribution in [3.63, 3.8) is 0 Å². The second-order valence-corrected chi connectivity index (χ2v) is 9.10. The quantitative estimate of drug-likeness (QED) is 0.275. The smallest absolute Gasteiger partial charge is 0.251 e. The summed E-state index contributed by atoms with van der Waals surface area (Å²) in [5.41, 5.74) is 5.02. The molecule has 0 spiro atoms. The molecule has 4 rings (SSSR count). The Labute approximate surface area is 202 Å². The van der Waals surface area contributed by atoms with Crippen LogP contribution in [0.1, 0.15) is 40.2 Å². The van der Waals surface area contributed by atoms with Crippen molar-refractivity contribution >= 4 is 32.9 Å². The topological polar surface area (TPSA) is 56.1 Å². The number of rotatable bonds is 9. The maximum absolute atomic E-state index is 12.6. The Hall–Kier alpha value is -3.12. The van der Waals surface area contributed by atoms with Gasteiger partial charge in [-0.25, -0.2) is 4.98 Å². The van der Waals surface area contributed by atoms with E-state index in [4.69, 9.17) is 9.72 Å². The number of aromatic nitrogens is 2. The SMILES string of the molecule is Cc1ccc(C)c(OCCCCn2c(CNC(=O)c3ccc(Br)cc3)nc3ccccc32)c1. The lowest BCUT2D eigenvalue weighted by Gasteiger charge is -2.12. The van der Waals surface area contributed by atoms with Gasteiger partial charge < -0.3 is 14.6 Å². The summed E-state index contributed by atoms with van der Waals surface area (Å²) in [6, 6.07) is 21.7. The van der Waals surface area contributed by atoms with E-state index in [1.807, 2.05) is 30.3 Å². The number of unbranched alkanes of at least 4 members (excludes halogenated alkanes) is 1. The van der Waals surface area contributed by atoms with Crippen molar-refractivity contribution in [2.24, 2.45) is 0 Å². The van der Waals surface area contributed by atoms with Crippen LogP contribution in [0.25, 0.3) is 11.0 Å². The molecule has 3 aromatic carbocycles. The molecule has 1 amide bonds. The lowest BCUT2D eigenvalue weighted by atomic mass is 10.1. The number of carbonyl (C=O) groups excluding carboxylic acids is 1. The van der Waals surface area contributed by atoms with Gasteiger partial charge in [0.15, 0.2) is 0 Å². The monoisotopic (exact) mass is 505 g/mol. The molecule has 33 heavy (non-hydrogen) atoms. The highest BCUT2D eigenvalue weighted by molar-refractivity contribution is 9.10. The molecule has 1 heterocycles. The number of ether oxygens (including phenoxy) is 1. The van der Waals surface area contributed by atoms with Gasteiger partial charge in [0.25, 0.3) is 5.91 Å². The van der Waals surface area contributed by atoms with Crippen molar-refractivity contribution in [1.82, 2.24) is 14.9 Å². The van der Waals surface area contributed by atoms with Crippen LogP contribution in [0.5, 0.6) is 5.75 Å². The number of aryl methyl sites for hydroxylation is 3. The fourth-order valence-corrected chi connectivity index (χ4v) is 4.05. The lowest BCUT2D eigenvalue weighted by molar-refractivity contribution is 0.0949. The molecule has 5 nitrogen and oxygen atoms in total. The summed E-state index contributed by atoms with van der Waals surface area (Å²) in [5, 5.41) is 3.01. The number of fused-ring (bicyclic) bond motifs is 1. The number of imidazole rings is 1. The summed E-state index contributed by atoms with van der Waals surface area (Å²) in [6.07, 6.45) is 1.89. The molecular weight excluding hydrogens is 478 g/mol. The predicted octanol–water partition coefficient (Wildman–Crippen LogP) is 6.20. The Morgan fingerprint density at radius 2 is 1.82 bits per heavy atom. The Kier molecular flexibility index (Phi) is 7.45. The molecule has 0 saturated carbocycles. The van der Waals surface area contributed by atoms with Crippen molar-refractivity contribution in [3.8, 4) is 5.75 Å². The first-order valence-corrected chi connectivity index (χ1v) is 12.0. The number of nitrogens with zero attached hydrogens (tertiary/aromatic N) is 2. The van der Waals surface area contributed by atoms with Crippen LogP contribution in [0, 0.1) is 13.8 Å². The third-order valence-corrected chi connectivity index (χ3v) is 6.15. The molecule has 0 fully saturated rings. The summed E-state index contributed by atoms with van der Waals surface area (Å²) in [6.45, 7) is 6.02. The van der Waals surface area contributed by atoms with E-state index in [-0.39, 0.29) is 5.91 Å². The van der Waals surface area contributed by atoms with E-state index < -0.39 is 0 Å². The van der Waals surface area contributed by atoms with Crippen molar-refractivity contribution < 1.29 is 9.53 Å². The van der Waals surface area contributed by atoms with E-state index in [9.17, 15) is 4.79 Å². The van der Waals surface area contributed by atoms with E-state index in [1.165, 1.54) is 5.56 Å². The molecule has 4 aromatic rings. The van der Waals surface area contributed by atoms with E-state index in [0.29, 0.717) is 18.7 Å². The van der Waals surface area contributed by atoms with Crippen LogP contribution in [0.4, 0.5) is 0 Å². The van der Waals surface area contributed by atoms with Crippen LogP contribution < -0.4 is 10.1 Å². The third-order valence-electron chi connectivity index (χ3n) is 5.62. The van der Waals surface area contributed by atoms with Gasteiger partial charge in [0.1, 0.15) is 11.6 Å². The van der Waals surface area contributed by atoms with E-state index in [2.05, 4.69) is 63.9 Å². The first kappa shape index (κ1) is 23.1. The molecule has 6 heteroatoms. The first-order chi connectivity index (χ1) is 16.0.